The van der Waals surface area contributed by atoms with E-state index in [1.807, 2.05) is 6.92 Å². The van der Waals surface area contributed by atoms with Gasteiger partial charge in [0.05, 0.1) is 6.20 Å². The van der Waals surface area contributed by atoms with Crippen LogP contribution < -0.4 is 4.74 Å². The molecule has 0 aliphatic rings. The summed E-state index contributed by atoms with van der Waals surface area (Å²) in [6, 6.07) is 3.38. The molecule has 0 unspecified atom stereocenters. The second-order valence-corrected chi connectivity index (χ2v) is 3.61. The number of rotatable bonds is 6. The lowest BCUT2D eigenvalue weighted by molar-refractivity contribution is 0.101. The van der Waals surface area contributed by atoms with Crippen LogP contribution in [-0.2, 0) is 6.42 Å². The van der Waals surface area contributed by atoms with E-state index in [9.17, 15) is 4.79 Å². The fourth-order valence-corrected chi connectivity index (χ4v) is 1.33. The average Bonchev–Trinajstić information content (AvgIpc) is 2.37. The van der Waals surface area contributed by atoms with Crippen LogP contribution in [0.3, 0.4) is 0 Å². The predicted molar refractivity (Wildman–Crippen MR) is 72.1 cm³/mol. The highest BCUT2D eigenvalue weighted by Gasteiger charge is 2.07. The molecule has 0 amide bonds. The number of nitrogens with zero attached hydrogens (tertiary/aromatic N) is 2. The summed E-state index contributed by atoms with van der Waals surface area (Å²) in [6.45, 7) is 10.4. The van der Waals surface area contributed by atoms with Crippen LogP contribution in [0.5, 0.6) is 5.75 Å². The third-order valence-electron chi connectivity index (χ3n) is 2.23. The molecule has 1 aromatic heterocycles. The number of carbonyl (C=O) groups excluding carboxylic acids is 1. The molecular formula is C14H16N2O2. The van der Waals surface area contributed by atoms with Gasteiger partial charge in [0.15, 0.2) is 5.78 Å². The van der Waals surface area contributed by atoms with Gasteiger partial charge in [-0.1, -0.05) is 13.5 Å². The normalized spacial score (nSPS) is 10.9. The quantitative estimate of drug-likeness (QED) is 0.334. The van der Waals surface area contributed by atoms with Gasteiger partial charge in [0.1, 0.15) is 17.2 Å². The van der Waals surface area contributed by atoms with Gasteiger partial charge in [-0.2, -0.15) is 0 Å². The molecule has 0 atom stereocenters. The Morgan fingerprint density at radius 2 is 2.28 bits per heavy atom. The minimum Gasteiger partial charge on any atom is -0.456 e. The molecule has 0 aliphatic heterocycles. The van der Waals surface area contributed by atoms with E-state index in [0.717, 1.165) is 12.1 Å². The minimum absolute atomic E-state index is 0.0962. The molecule has 1 aromatic rings. The number of hydrogen-bond donors (Lipinski definition) is 0. The van der Waals surface area contributed by atoms with Crippen LogP contribution in [0, 0.1) is 0 Å². The van der Waals surface area contributed by atoms with Crippen molar-refractivity contribution < 1.29 is 9.53 Å². The molecule has 0 bridgehead atoms. The summed E-state index contributed by atoms with van der Waals surface area (Å²) >= 11 is 0. The number of aromatic nitrogens is 1. The van der Waals surface area contributed by atoms with Crippen LogP contribution in [0.2, 0.25) is 0 Å². The second kappa shape index (κ2) is 6.49. The standard InChI is InChI=1S/C14H16N2O2/c1-5-11-7-13(8-14(16-11)10(3)17)18-12(6-2)9-15-4/h6-9H,2,4-5H2,1,3H3. The number of allylic oxidation sites excluding steroid dienone is 1. The van der Waals surface area contributed by atoms with Crippen LogP contribution in [-0.4, -0.2) is 17.5 Å². The molecule has 1 heterocycles. The maximum absolute atomic E-state index is 11.4. The fourth-order valence-electron chi connectivity index (χ4n) is 1.33. The van der Waals surface area contributed by atoms with E-state index in [1.54, 1.807) is 12.1 Å². The van der Waals surface area contributed by atoms with E-state index in [-0.39, 0.29) is 5.78 Å². The second-order valence-electron chi connectivity index (χ2n) is 3.61. The third kappa shape index (κ3) is 3.66. The van der Waals surface area contributed by atoms with Crippen LogP contribution in [0.25, 0.3) is 0 Å². The molecule has 0 fully saturated rings. The molecule has 0 saturated heterocycles. The minimum atomic E-state index is -0.0962. The Balaban J connectivity index is 3.11. The lowest BCUT2D eigenvalue weighted by Gasteiger charge is -2.08. The van der Waals surface area contributed by atoms with Crippen molar-refractivity contribution in [3.05, 3.63) is 48.1 Å². The Morgan fingerprint density at radius 3 is 2.78 bits per heavy atom. The number of Topliss-reactive ketones (excluding diaryl/α,β-unsaturated/α-hetero) is 1. The molecule has 0 N–H and O–H groups in total. The SMILES string of the molecule is C=CC(=CN=C)Oc1cc(CC)nc(C(C)=O)c1. The Labute approximate surface area is 107 Å². The van der Waals surface area contributed by atoms with Gasteiger partial charge in [0.25, 0.3) is 0 Å². The zero-order chi connectivity index (χ0) is 13.5. The summed E-state index contributed by atoms with van der Waals surface area (Å²) in [5.74, 6) is 0.913. The fraction of sp³-hybridized carbons (Fsp3) is 0.214. The number of ketones is 1. The number of ether oxygens (including phenoxy) is 1. The first-order chi connectivity index (χ1) is 8.60. The number of carbonyl (C=O) groups is 1. The van der Waals surface area contributed by atoms with Crippen molar-refractivity contribution in [3.63, 3.8) is 0 Å². The van der Waals surface area contributed by atoms with Crippen molar-refractivity contribution in [1.82, 2.24) is 4.98 Å². The van der Waals surface area contributed by atoms with E-state index in [4.69, 9.17) is 4.74 Å². The number of pyridine rings is 1. The summed E-state index contributed by atoms with van der Waals surface area (Å²) in [4.78, 5) is 19.2. The van der Waals surface area contributed by atoms with Gasteiger partial charge in [-0.05, 0) is 19.2 Å². The summed E-state index contributed by atoms with van der Waals surface area (Å²) in [6.07, 6.45) is 3.70. The van der Waals surface area contributed by atoms with Crippen LogP contribution in [0.1, 0.15) is 30.0 Å². The number of aliphatic imine (C=N–C) groups is 1. The molecule has 18 heavy (non-hydrogen) atoms. The Kier molecular flexibility index (Phi) is 4.99. The van der Waals surface area contributed by atoms with Crippen molar-refractivity contribution in [2.75, 3.05) is 0 Å². The monoisotopic (exact) mass is 244 g/mol. The molecule has 0 aliphatic carbocycles. The summed E-state index contributed by atoms with van der Waals surface area (Å²) in [5.41, 5.74) is 1.19. The molecule has 0 radical (unpaired) electrons. The highest BCUT2D eigenvalue weighted by atomic mass is 16.5. The lowest BCUT2D eigenvalue weighted by Crippen LogP contribution is -2.02. The summed E-state index contributed by atoms with van der Waals surface area (Å²) in [7, 11) is 0. The van der Waals surface area contributed by atoms with Crippen molar-refractivity contribution in [2.24, 2.45) is 4.99 Å². The van der Waals surface area contributed by atoms with Gasteiger partial charge in [-0.15, -0.1) is 0 Å². The predicted octanol–water partition coefficient (Wildman–Crippen LogP) is 2.95. The molecule has 4 heteroatoms. The average molecular weight is 244 g/mol. The van der Waals surface area contributed by atoms with Crippen LogP contribution >= 0.6 is 0 Å². The van der Waals surface area contributed by atoms with Gasteiger partial charge >= 0.3 is 0 Å². The van der Waals surface area contributed by atoms with E-state index in [1.165, 1.54) is 19.2 Å². The number of aryl methyl sites for hydroxylation is 1. The van der Waals surface area contributed by atoms with Crippen LogP contribution in [0.4, 0.5) is 0 Å². The highest BCUT2D eigenvalue weighted by Crippen LogP contribution is 2.18. The van der Waals surface area contributed by atoms with E-state index < -0.39 is 0 Å². The van der Waals surface area contributed by atoms with Crippen molar-refractivity contribution in [1.29, 1.82) is 0 Å². The zero-order valence-corrected chi connectivity index (χ0v) is 10.6. The Morgan fingerprint density at radius 1 is 1.56 bits per heavy atom. The Bertz CT molecular complexity index is 505. The van der Waals surface area contributed by atoms with E-state index in [0.29, 0.717) is 17.2 Å². The first-order valence-electron chi connectivity index (χ1n) is 5.58. The molecule has 94 valence electrons. The highest BCUT2D eigenvalue weighted by molar-refractivity contribution is 5.92. The molecule has 0 aromatic carbocycles. The van der Waals surface area contributed by atoms with E-state index >= 15 is 0 Å². The first-order valence-corrected chi connectivity index (χ1v) is 5.58. The molecular weight excluding hydrogens is 228 g/mol. The van der Waals surface area contributed by atoms with Gasteiger partial charge in [0, 0.05) is 24.8 Å². The summed E-state index contributed by atoms with van der Waals surface area (Å²) < 4.78 is 5.55. The first kappa shape index (κ1) is 13.8. The Hall–Kier alpha value is -2.23. The van der Waals surface area contributed by atoms with Crippen molar-refractivity contribution in [3.8, 4) is 5.75 Å². The molecule has 1 rings (SSSR count). The number of hydrogen-bond acceptors (Lipinski definition) is 4. The lowest BCUT2D eigenvalue weighted by atomic mass is 10.2. The van der Waals surface area contributed by atoms with Gasteiger partial charge in [-0.25, -0.2) is 4.98 Å². The topological polar surface area (TPSA) is 51.6 Å². The maximum Gasteiger partial charge on any atom is 0.178 e. The van der Waals surface area contributed by atoms with Crippen molar-refractivity contribution in [2.45, 2.75) is 20.3 Å². The van der Waals surface area contributed by atoms with Gasteiger partial charge in [-0.3, -0.25) is 9.79 Å². The molecule has 0 spiro atoms. The van der Waals surface area contributed by atoms with Crippen LogP contribution in [0.15, 0.2) is 41.7 Å². The van der Waals surface area contributed by atoms with Gasteiger partial charge in [0.2, 0.25) is 0 Å². The third-order valence-corrected chi connectivity index (χ3v) is 2.23. The largest absolute Gasteiger partial charge is 0.456 e. The summed E-state index contributed by atoms with van der Waals surface area (Å²) in [5, 5.41) is 0. The van der Waals surface area contributed by atoms with Crippen molar-refractivity contribution >= 4 is 12.5 Å². The van der Waals surface area contributed by atoms with Gasteiger partial charge < -0.3 is 4.74 Å². The van der Waals surface area contributed by atoms with E-state index in [2.05, 4.69) is 23.3 Å². The smallest absolute Gasteiger partial charge is 0.178 e. The molecule has 0 saturated carbocycles. The maximum atomic E-state index is 11.4. The zero-order valence-electron chi connectivity index (χ0n) is 10.6. The molecule has 4 nitrogen and oxygen atoms in total.